The molecule has 0 aliphatic carbocycles. The van der Waals surface area contributed by atoms with Crippen LogP contribution in [0.15, 0.2) is 63.8 Å². The normalized spacial score (nSPS) is 12.0. The number of carboxylic acids is 1. The van der Waals surface area contributed by atoms with Crippen LogP contribution in [0.5, 0.6) is 0 Å². The van der Waals surface area contributed by atoms with Crippen molar-refractivity contribution in [1.82, 2.24) is 0 Å². The van der Waals surface area contributed by atoms with Crippen molar-refractivity contribution in [1.29, 1.82) is 0 Å². The molecule has 0 saturated heterocycles. The summed E-state index contributed by atoms with van der Waals surface area (Å²) in [6.07, 6.45) is 0. The maximum atomic E-state index is 13.9. The standard InChI is InChI=1S/C26H21F2NO4/c1-13-10-18(15(3)29-22-7-5-4-6-17(22)26(31)32)25-19(11-13)23(30)14(2)24(33-25)16-8-9-20(27)21(28)12-16/h4-12,15,29H,1-3H3,(H,31,32)/t15-/m1/s1. The lowest BCUT2D eigenvalue weighted by Gasteiger charge is -2.20. The van der Waals surface area contributed by atoms with Gasteiger partial charge in [0.05, 0.1) is 17.0 Å². The molecule has 33 heavy (non-hydrogen) atoms. The van der Waals surface area contributed by atoms with Crippen LogP contribution in [-0.4, -0.2) is 11.1 Å². The van der Waals surface area contributed by atoms with Gasteiger partial charge in [-0.05, 0) is 62.7 Å². The van der Waals surface area contributed by atoms with Crippen LogP contribution < -0.4 is 10.7 Å². The minimum Gasteiger partial charge on any atom is -0.478 e. The Hall–Kier alpha value is -4.00. The van der Waals surface area contributed by atoms with Gasteiger partial charge in [0, 0.05) is 22.4 Å². The van der Waals surface area contributed by atoms with Crippen LogP contribution in [0.3, 0.4) is 0 Å². The monoisotopic (exact) mass is 449 g/mol. The number of para-hydroxylation sites is 1. The zero-order valence-electron chi connectivity index (χ0n) is 18.2. The van der Waals surface area contributed by atoms with Crippen molar-refractivity contribution in [2.45, 2.75) is 26.8 Å². The molecule has 1 heterocycles. The summed E-state index contributed by atoms with van der Waals surface area (Å²) in [4.78, 5) is 24.8. The van der Waals surface area contributed by atoms with Crippen molar-refractivity contribution in [2.24, 2.45) is 0 Å². The lowest BCUT2D eigenvalue weighted by Crippen LogP contribution is -2.14. The summed E-state index contributed by atoms with van der Waals surface area (Å²) in [5.74, 6) is -2.96. The van der Waals surface area contributed by atoms with Crippen molar-refractivity contribution in [3.63, 3.8) is 0 Å². The van der Waals surface area contributed by atoms with E-state index in [0.29, 0.717) is 22.2 Å². The summed E-state index contributed by atoms with van der Waals surface area (Å²) in [7, 11) is 0. The zero-order valence-corrected chi connectivity index (χ0v) is 18.2. The number of carboxylic acid groups (broad SMARTS) is 1. The summed E-state index contributed by atoms with van der Waals surface area (Å²) in [6.45, 7) is 5.25. The van der Waals surface area contributed by atoms with E-state index in [-0.39, 0.29) is 27.9 Å². The molecular formula is C26H21F2NO4. The van der Waals surface area contributed by atoms with Crippen LogP contribution >= 0.6 is 0 Å². The topological polar surface area (TPSA) is 79.5 Å². The fraction of sp³-hybridized carbons (Fsp3) is 0.154. The van der Waals surface area contributed by atoms with Crippen LogP contribution in [0.25, 0.3) is 22.3 Å². The number of hydrogen-bond donors (Lipinski definition) is 2. The molecule has 1 atom stereocenters. The highest BCUT2D eigenvalue weighted by Gasteiger charge is 2.20. The van der Waals surface area contributed by atoms with Crippen LogP contribution in [-0.2, 0) is 0 Å². The molecule has 0 fully saturated rings. The van der Waals surface area contributed by atoms with Gasteiger partial charge in [-0.1, -0.05) is 18.2 Å². The van der Waals surface area contributed by atoms with Gasteiger partial charge in [-0.25, -0.2) is 13.6 Å². The number of hydrogen-bond acceptors (Lipinski definition) is 4. The number of carbonyl (C=O) groups is 1. The first kappa shape index (κ1) is 22.2. The van der Waals surface area contributed by atoms with Crippen LogP contribution in [0, 0.1) is 25.5 Å². The van der Waals surface area contributed by atoms with Crippen molar-refractivity contribution in [3.8, 4) is 11.3 Å². The molecule has 0 radical (unpaired) electrons. The number of anilines is 1. The molecule has 0 unspecified atom stereocenters. The summed E-state index contributed by atoms with van der Waals surface area (Å²) in [5.41, 5.74) is 2.53. The van der Waals surface area contributed by atoms with Crippen molar-refractivity contribution >= 4 is 22.6 Å². The molecular weight excluding hydrogens is 428 g/mol. The number of benzene rings is 3. The molecule has 0 aliphatic rings. The van der Waals surface area contributed by atoms with Gasteiger partial charge in [-0.2, -0.15) is 0 Å². The third-order valence-corrected chi connectivity index (χ3v) is 5.57. The van der Waals surface area contributed by atoms with E-state index in [4.69, 9.17) is 4.42 Å². The first-order valence-electron chi connectivity index (χ1n) is 10.3. The predicted octanol–water partition coefficient (Wildman–Crippen LogP) is 6.23. The highest BCUT2D eigenvalue weighted by Crippen LogP contribution is 2.33. The molecule has 0 amide bonds. The van der Waals surface area contributed by atoms with E-state index >= 15 is 0 Å². The van der Waals surface area contributed by atoms with E-state index in [1.54, 1.807) is 31.2 Å². The average Bonchev–Trinajstić information content (AvgIpc) is 2.78. The number of rotatable bonds is 5. The first-order chi connectivity index (χ1) is 15.7. The Labute approximate surface area is 188 Å². The summed E-state index contributed by atoms with van der Waals surface area (Å²) in [5, 5.41) is 13.0. The molecule has 3 aromatic carbocycles. The molecule has 0 saturated carbocycles. The number of halogens is 2. The summed E-state index contributed by atoms with van der Waals surface area (Å²) >= 11 is 0. The largest absolute Gasteiger partial charge is 0.478 e. The van der Waals surface area contributed by atoms with Crippen LogP contribution in [0.4, 0.5) is 14.5 Å². The van der Waals surface area contributed by atoms with E-state index in [2.05, 4.69) is 5.32 Å². The van der Waals surface area contributed by atoms with Gasteiger partial charge in [-0.15, -0.1) is 0 Å². The third-order valence-electron chi connectivity index (χ3n) is 5.57. The van der Waals surface area contributed by atoms with E-state index < -0.39 is 23.6 Å². The van der Waals surface area contributed by atoms with Gasteiger partial charge in [0.25, 0.3) is 0 Å². The second kappa shape index (κ2) is 8.50. The Morgan fingerprint density at radius 3 is 2.45 bits per heavy atom. The molecule has 4 aromatic rings. The fourth-order valence-electron chi connectivity index (χ4n) is 3.91. The first-order valence-corrected chi connectivity index (χ1v) is 10.3. The highest BCUT2D eigenvalue weighted by atomic mass is 19.2. The molecule has 4 rings (SSSR count). The number of fused-ring (bicyclic) bond motifs is 1. The van der Waals surface area contributed by atoms with Gasteiger partial charge in [-0.3, -0.25) is 4.79 Å². The minimum atomic E-state index is -1.07. The van der Waals surface area contributed by atoms with Gasteiger partial charge >= 0.3 is 5.97 Å². The molecule has 1 aromatic heterocycles. The quantitative estimate of drug-likeness (QED) is 0.378. The Kier molecular flexibility index (Phi) is 5.72. The van der Waals surface area contributed by atoms with Crippen molar-refractivity contribution in [2.75, 3.05) is 5.32 Å². The van der Waals surface area contributed by atoms with Gasteiger partial charge < -0.3 is 14.8 Å². The molecule has 0 aliphatic heterocycles. The number of nitrogens with one attached hydrogen (secondary N) is 1. The molecule has 2 N–H and O–H groups in total. The fourth-order valence-corrected chi connectivity index (χ4v) is 3.91. The second-order valence-electron chi connectivity index (χ2n) is 7.96. The summed E-state index contributed by atoms with van der Waals surface area (Å²) < 4.78 is 33.4. The van der Waals surface area contributed by atoms with Crippen LogP contribution in [0.2, 0.25) is 0 Å². The maximum absolute atomic E-state index is 13.9. The average molecular weight is 449 g/mol. The minimum absolute atomic E-state index is 0.112. The lowest BCUT2D eigenvalue weighted by molar-refractivity contribution is 0.0698. The molecule has 0 spiro atoms. The van der Waals surface area contributed by atoms with Crippen molar-refractivity contribution < 1.29 is 23.1 Å². The van der Waals surface area contributed by atoms with E-state index in [9.17, 15) is 23.5 Å². The van der Waals surface area contributed by atoms with E-state index in [1.807, 2.05) is 19.9 Å². The highest BCUT2D eigenvalue weighted by molar-refractivity contribution is 5.94. The van der Waals surface area contributed by atoms with Gasteiger partial charge in [0.2, 0.25) is 0 Å². The maximum Gasteiger partial charge on any atom is 0.337 e. The Balaban J connectivity index is 1.90. The zero-order chi connectivity index (χ0) is 23.9. The Morgan fingerprint density at radius 2 is 1.76 bits per heavy atom. The van der Waals surface area contributed by atoms with Gasteiger partial charge in [0.1, 0.15) is 11.3 Å². The predicted molar refractivity (Wildman–Crippen MR) is 123 cm³/mol. The number of aromatic carboxylic acids is 1. The van der Waals surface area contributed by atoms with E-state index in [1.165, 1.54) is 12.1 Å². The molecule has 7 heteroatoms. The van der Waals surface area contributed by atoms with Gasteiger partial charge in [0.15, 0.2) is 17.1 Å². The SMILES string of the molecule is Cc1cc([C@@H](C)Nc2ccccc2C(=O)O)c2oc(-c3ccc(F)c(F)c3)c(C)c(=O)c2c1. The Bertz CT molecular complexity index is 1460. The smallest absolute Gasteiger partial charge is 0.337 e. The molecule has 168 valence electrons. The summed E-state index contributed by atoms with van der Waals surface area (Å²) in [6, 6.07) is 13.0. The third kappa shape index (κ3) is 4.09. The van der Waals surface area contributed by atoms with Crippen molar-refractivity contribution in [3.05, 3.63) is 98.7 Å². The molecule has 0 bridgehead atoms. The lowest BCUT2D eigenvalue weighted by atomic mass is 9.98. The van der Waals surface area contributed by atoms with Crippen LogP contribution in [0.1, 0.15) is 40.0 Å². The second-order valence-corrected chi connectivity index (χ2v) is 7.96. The van der Waals surface area contributed by atoms with E-state index in [0.717, 1.165) is 17.7 Å². The number of aryl methyl sites for hydroxylation is 1. The Morgan fingerprint density at radius 1 is 1.03 bits per heavy atom. The molecule has 5 nitrogen and oxygen atoms in total.